The summed E-state index contributed by atoms with van der Waals surface area (Å²) >= 11 is 0. The fourth-order valence-corrected chi connectivity index (χ4v) is 1.73. The highest BCUT2D eigenvalue weighted by atomic mass is 16.5. The van der Waals surface area contributed by atoms with Gasteiger partial charge in [-0.3, -0.25) is 0 Å². The molecule has 0 fully saturated rings. The van der Waals surface area contributed by atoms with E-state index in [0.29, 0.717) is 6.61 Å². The van der Waals surface area contributed by atoms with Crippen LogP contribution in [0, 0.1) is 6.92 Å². The van der Waals surface area contributed by atoms with Gasteiger partial charge in [0.2, 0.25) is 0 Å². The maximum Gasteiger partial charge on any atom is 0.129 e. The molecule has 0 unspecified atom stereocenters. The maximum absolute atomic E-state index is 9.18. The van der Waals surface area contributed by atoms with Gasteiger partial charge in [0, 0.05) is 25.4 Å². The van der Waals surface area contributed by atoms with Crippen molar-refractivity contribution in [1.82, 2.24) is 4.98 Å². The minimum atomic E-state index is 0.0549. The summed E-state index contributed by atoms with van der Waals surface area (Å²) in [5, 5.41) is 9.18. The molecule has 4 nitrogen and oxygen atoms in total. The van der Waals surface area contributed by atoms with Gasteiger partial charge in [-0.15, -0.1) is 0 Å². The molecule has 0 amide bonds. The number of pyridine rings is 1. The summed E-state index contributed by atoms with van der Waals surface area (Å²) in [6.45, 7) is 9.23. The van der Waals surface area contributed by atoms with Crippen LogP contribution in [0.15, 0.2) is 12.1 Å². The van der Waals surface area contributed by atoms with Crippen molar-refractivity contribution >= 4 is 5.82 Å². The zero-order chi connectivity index (χ0) is 12.7. The number of nitrogens with zero attached hydrogens (tertiary/aromatic N) is 2. The quantitative estimate of drug-likeness (QED) is 0.735. The Bertz CT molecular complexity index is 342. The first kappa shape index (κ1) is 13.9. The Kier molecular flexibility index (Phi) is 5.94. The van der Waals surface area contributed by atoms with Gasteiger partial charge in [0.15, 0.2) is 0 Å². The van der Waals surface area contributed by atoms with Crippen LogP contribution in [0.2, 0.25) is 0 Å². The standard InChI is InChI=1S/C13H22N2O2/c1-4-15(6-7-17-5-2)13-9-12(10-16)8-11(3)14-13/h8-9,16H,4-7,10H2,1-3H3. The van der Waals surface area contributed by atoms with Crippen LogP contribution in [0.5, 0.6) is 0 Å². The van der Waals surface area contributed by atoms with E-state index in [1.54, 1.807) is 0 Å². The number of anilines is 1. The van der Waals surface area contributed by atoms with E-state index in [9.17, 15) is 5.11 Å². The number of rotatable bonds is 7. The van der Waals surface area contributed by atoms with Crippen molar-refractivity contribution in [2.75, 3.05) is 31.2 Å². The molecule has 1 aromatic rings. The third-order valence-electron chi connectivity index (χ3n) is 2.60. The number of hydrogen-bond donors (Lipinski definition) is 1. The van der Waals surface area contributed by atoms with Crippen LogP contribution in [-0.4, -0.2) is 36.4 Å². The molecule has 1 N–H and O–H groups in total. The summed E-state index contributed by atoms with van der Waals surface area (Å²) in [7, 11) is 0. The molecule has 0 aliphatic carbocycles. The molecular weight excluding hydrogens is 216 g/mol. The molecule has 0 aliphatic heterocycles. The lowest BCUT2D eigenvalue weighted by molar-refractivity contribution is 0.154. The predicted octanol–water partition coefficient (Wildman–Crippen LogP) is 1.75. The molecule has 17 heavy (non-hydrogen) atoms. The Morgan fingerprint density at radius 1 is 1.35 bits per heavy atom. The normalized spacial score (nSPS) is 10.6. The van der Waals surface area contributed by atoms with Crippen molar-refractivity contribution in [2.24, 2.45) is 0 Å². The van der Waals surface area contributed by atoms with Crippen molar-refractivity contribution in [2.45, 2.75) is 27.4 Å². The topological polar surface area (TPSA) is 45.6 Å². The summed E-state index contributed by atoms with van der Waals surface area (Å²) in [5.41, 5.74) is 1.84. The molecule has 0 saturated heterocycles. The van der Waals surface area contributed by atoms with Crippen molar-refractivity contribution in [3.8, 4) is 0 Å². The molecule has 0 atom stereocenters. The Labute approximate surface area is 103 Å². The second kappa shape index (κ2) is 7.25. The average molecular weight is 238 g/mol. The van der Waals surface area contributed by atoms with Crippen LogP contribution >= 0.6 is 0 Å². The average Bonchev–Trinajstić information content (AvgIpc) is 2.34. The van der Waals surface area contributed by atoms with Gasteiger partial charge in [0.1, 0.15) is 5.82 Å². The molecule has 0 radical (unpaired) electrons. The van der Waals surface area contributed by atoms with Crippen LogP contribution in [0.4, 0.5) is 5.82 Å². The van der Waals surface area contributed by atoms with E-state index >= 15 is 0 Å². The van der Waals surface area contributed by atoms with E-state index in [4.69, 9.17) is 4.74 Å². The lowest BCUT2D eigenvalue weighted by Crippen LogP contribution is -2.28. The first-order chi connectivity index (χ1) is 8.21. The van der Waals surface area contributed by atoms with E-state index in [0.717, 1.165) is 36.8 Å². The first-order valence-corrected chi connectivity index (χ1v) is 6.12. The number of hydrogen-bond acceptors (Lipinski definition) is 4. The minimum absolute atomic E-state index is 0.0549. The lowest BCUT2D eigenvalue weighted by atomic mass is 10.2. The fraction of sp³-hybridized carbons (Fsp3) is 0.615. The van der Waals surface area contributed by atoms with Crippen LogP contribution in [0.3, 0.4) is 0 Å². The van der Waals surface area contributed by atoms with E-state index in [-0.39, 0.29) is 6.61 Å². The van der Waals surface area contributed by atoms with Gasteiger partial charge >= 0.3 is 0 Å². The van der Waals surface area contributed by atoms with Gasteiger partial charge in [-0.05, 0) is 38.5 Å². The van der Waals surface area contributed by atoms with Crippen LogP contribution < -0.4 is 4.90 Å². The summed E-state index contributed by atoms with van der Waals surface area (Å²) in [6.07, 6.45) is 0. The highest BCUT2D eigenvalue weighted by Gasteiger charge is 2.07. The molecule has 1 rings (SSSR count). The molecule has 96 valence electrons. The third kappa shape index (κ3) is 4.32. The molecule has 4 heteroatoms. The highest BCUT2D eigenvalue weighted by molar-refractivity contribution is 5.42. The number of likely N-dealkylation sites (N-methyl/N-ethyl adjacent to an activating group) is 1. The third-order valence-corrected chi connectivity index (χ3v) is 2.60. The first-order valence-electron chi connectivity index (χ1n) is 6.12. The molecule has 1 heterocycles. The second-order valence-corrected chi connectivity index (χ2v) is 3.91. The second-order valence-electron chi connectivity index (χ2n) is 3.91. The van der Waals surface area contributed by atoms with Gasteiger partial charge in [-0.25, -0.2) is 4.98 Å². The van der Waals surface area contributed by atoms with Crippen LogP contribution in [0.1, 0.15) is 25.1 Å². The van der Waals surface area contributed by atoms with Crippen LogP contribution in [-0.2, 0) is 11.3 Å². The Balaban J connectivity index is 2.76. The van der Waals surface area contributed by atoms with Gasteiger partial charge in [-0.1, -0.05) is 0 Å². The lowest BCUT2D eigenvalue weighted by Gasteiger charge is -2.22. The van der Waals surface area contributed by atoms with Crippen molar-refractivity contribution in [3.05, 3.63) is 23.4 Å². The van der Waals surface area contributed by atoms with Crippen molar-refractivity contribution < 1.29 is 9.84 Å². The molecule has 0 bridgehead atoms. The Morgan fingerprint density at radius 2 is 2.12 bits per heavy atom. The number of ether oxygens (including phenoxy) is 1. The van der Waals surface area contributed by atoms with Crippen LogP contribution in [0.25, 0.3) is 0 Å². The number of aryl methyl sites for hydroxylation is 1. The number of aliphatic hydroxyl groups excluding tert-OH is 1. The smallest absolute Gasteiger partial charge is 0.129 e. The molecular formula is C13H22N2O2. The summed E-state index contributed by atoms with van der Waals surface area (Å²) in [6, 6.07) is 3.84. The van der Waals surface area contributed by atoms with E-state index in [1.807, 2.05) is 26.0 Å². The van der Waals surface area contributed by atoms with Gasteiger partial charge < -0.3 is 14.7 Å². The summed E-state index contributed by atoms with van der Waals surface area (Å²) in [4.78, 5) is 6.65. The zero-order valence-electron chi connectivity index (χ0n) is 10.9. The molecule has 0 spiro atoms. The van der Waals surface area contributed by atoms with E-state index in [2.05, 4.69) is 16.8 Å². The van der Waals surface area contributed by atoms with Gasteiger partial charge in [-0.2, -0.15) is 0 Å². The monoisotopic (exact) mass is 238 g/mol. The highest BCUT2D eigenvalue weighted by Crippen LogP contribution is 2.14. The zero-order valence-corrected chi connectivity index (χ0v) is 10.9. The van der Waals surface area contributed by atoms with Gasteiger partial charge in [0.05, 0.1) is 13.2 Å². The molecule has 0 aromatic carbocycles. The molecule has 0 saturated carbocycles. The summed E-state index contributed by atoms with van der Waals surface area (Å²) in [5.74, 6) is 0.913. The van der Waals surface area contributed by atoms with E-state index in [1.165, 1.54) is 0 Å². The summed E-state index contributed by atoms with van der Waals surface area (Å²) < 4.78 is 5.36. The predicted molar refractivity (Wildman–Crippen MR) is 69.3 cm³/mol. The number of aliphatic hydroxyl groups is 1. The minimum Gasteiger partial charge on any atom is -0.392 e. The van der Waals surface area contributed by atoms with Gasteiger partial charge in [0.25, 0.3) is 0 Å². The van der Waals surface area contributed by atoms with Crippen molar-refractivity contribution in [1.29, 1.82) is 0 Å². The fourth-order valence-electron chi connectivity index (χ4n) is 1.73. The SMILES string of the molecule is CCOCCN(CC)c1cc(CO)cc(C)n1. The Morgan fingerprint density at radius 3 is 2.71 bits per heavy atom. The number of aromatic nitrogens is 1. The Hall–Kier alpha value is -1.13. The van der Waals surface area contributed by atoms with E-state index < -0.39 is 0 Å². The molecule has 1 aromatic heterocycles. The molecule has 0 aliphatic rings. The largest absolute Gasteiger partial charge is 0.392 e. The van der Waals surface area contributed by atoms with Crippen molar-refractivity contribution in [3.63, 3.8) is 0 Å². The maximum atomic E-state index is 9.18.